The van der Waals surface area contributed by atoms with Gasteiger partial charge in [0.1, 0.15) is 5.82 Å². The number of fused-ring (bicyclic) bond motifs is 1. The third-order valence-electron chi connectivity index (χ3n) is 5.39. The molecule has 1 unspecified atom stereocenters. The standard InChI is InChI=1S/C22H21ClF3N5O/c1-12-10-16-15(13(2)27-12)4-3-5-18(16)29-21(32)28-14-8-9-31(11-14)19-7-6-17(23)20(30-19)22(24,25)26/h3-7,10,14H,8-9,11H2,1-2H3,(H2,28,29,32). The molecule has 6 nitrogen and oxygen atoms in total. The van der Waals surface area contributed by atoms with E-state index in [0.717, 1.165) is 22.2 Å². The molecule has 2 N–H and O–H groups in total. The lowest BCUT2D eigenvalue weighted by molar-refractivity contribution is -0.141. The van der Waals surface area contributed by atoms with Crippen molar-refractivity contribution in [1.82, 2.24) is 15.3 Å². The van der Waals surface area contributed by atoms with Crippen LogP contribution in [-0.2, 0) is 6.18 Å². The maximum absolute atomic E-state index is 13.1. The third kappa shape index (κ3) is 4.57. The highest BCUT2D eigenvalue weighted by Crippen LogP contribution is 2.35. The van der Waals surface area contributed by atoms with Crippen molar-refractivity contribution in [2.24, 2.45) is 0 Å². The first-order valence-corrected chi connectivity index (χ1v) is 10.4. The Bertz CT molecular complexity index is 1180. The number of aryl methyl sites for hydroxylation is 2. The van der Waals surface area contributed by atoms with Gasteiger partial charge < -0.3 is 15.5 Å². The lowest BCUT2D eigenvalue weighted by Crippen LogP contribution is -2.39. The van der Waals surface area contributed by atoms with Gasteiger partial charge in [-0.15, -0.1) is 0 Å². The van der Waals surface area contributed by atoms with E-state index in [1.807, 2.05) is 38.1 Å². The highest BCUT2D eigenvalue weighted by molar-refractivity contribution is 6.31. The largest absolute Gasteiger partial charge is 0.434 e. The summed E-state index contributed by atoms with van der Waals surface area (Å²) >= 11 is 5.65. The topological polar surface area (TPSA) is 70.2 Å². The van der Waals surface area contributed by atoms with Gasteiger partial charge in [0.25, 0.3) is 0 Å². The lowest BCUT2D eigenvalue weighted by atomic mass is 10.1. The molecule has 2 amide bonds. The number of anilines is 2. The van der Waals surface area contributed by atoms with Crippen molar-refractivity contribution in [3.63, 3.8) is 0 Å². The molecule has 1 aliphatic heterocycles. The fraction of sp³-hybridized carbons (Fsp3) is 0.318. The summed E-state index contributed by atoms with van der Waals surface area (Å²) in [4.78, 5) is 22.5. The first-order valence-electron chi connectivity index (χ1n) is 10.0. The Morgan fingerprint density at radius 1 is 1.16 bits per heavy atom. The number of carbonyl (C=O) groups is 1. The first kappa shape index (κ1) is 22.1. The van der Waals surface area contributed by atoms with Crippen LogP contribution < -0.4 is 15.5 Å². The summed E-state index contributed by atoms with van der Waals surface area (Å²) in [5.74, 6) is 0.180. The van der Waals surface area contributed by atoms with Gasteiger partial charge in [-0.25, -0.2) is 9.78 Å². The summed E-state index contributed by atoms with van der Waals surface area (Å²) in [6.07, 6.45) is -4.05. The van der Waals surface area contributed by atoms with Crippen LogP contribution >= 0.6 is 11.6 Å². The predicted molar refractivity (Wildman–Crippen MR) is 118 cm³/mol. The van der Waals surface area contributed by atoms with Gasteiger partial charge in [0.15, 0.2) is 5.69 Å². The number of benzene rings is 1. The summed E-state index contributed by atoms with van der Waals surface area (Å²) in [5.41, 5.74) is 1.29. The van der Waals surface area contributed by atoms with E-state index in [2.05, 4.69) is 20.6 Å². The van der Waals surface area contributed by atoms with E-state index in [1.54, 1.807) is 4.90 Å². The van der Waals surface area contributed by atoms with E-state index < -0.39 is 16.9 Å². The molecule has 1 fully saturated rings. The monoisotopic (exact) mass is 463 g/mol. The van der Waals surface area contributed by atoms with Gasteiger partial charge in [0.05, 0.1) is 10.7 Å². The molecule has 1 atom stereocenters. The lowest BCUT2D eigenvalue weighted by Gasteiger charge is -2.20. The highest BCUT2D eigenvalue weighted by atomic mass is 35.5. The van der Waals surface area contributed by atoms with E-state index in [4.69, 9.17) is 11.6 Å². The predicted octanol–water partition coefficient (Wildman–Crippen LogP) is 5.32. The first-order chi connectivity index (χ1) is 15.1. The quantitative estimate of drug-likeness (QED) is 0.551. The van der Waals surface area contributed by atoms with Gasteiger partial charge in [-0.1, -0.05) is 23.7 Å². The van der Waals surface area contributed by atoms with Crippen molar-refractivity contribution >= 4 is 39.9 Å². The van der Waals surface area contributed by atoms with Gasteiger partial charge in [-0.2, -0.15) is 13.2 Å². The summed E-state index contributed by atoms with van der Waals surface area (Å²) < 4.78 is 39.3. The number of nitrogens with one attached hydrogen (secondary N) is 2. The van der Waals surface area contributed by atoms with Crippen molar-refractivity contribution in [3.05, 3.63) is 58.5 Å². The van der Waals surface area contributed by atoms with Crippen molar-refractivity contribution in [1.29, 1.82) is 0 Å². The van der Waals surface area contributed by atoms with Crippen molar-refractivity contribution in [3.8, 4) is 0 Å². The molecule has 2 aromatic heterocycles. The summed E-state index contributed by atoms with van der Waals surface area (Å²) in [7, 11) is 0. The number of pyridine rings is 2. The van der Waals surface area contributed by atoms with Gasteiger partial charge >= 0.3 is 12.2 Å². The van der Waals surface area contributed by atoms with E-state index >= 15 is 0 Å². The molecule has 3 heterocycles. The Kier molecular flexibility index (Phi) is 5.85. The number of halogens is 4. The SMILES string of the molecule is Cc1cc2c(NC(=O)NC3CCN(c4ccc(Cl)c(C(F)(F)F)n4)C3)cccc2c(C)n1. The van der Waals surface area contributed by atoms with Crippen molar-refractivity contribution in [2.45, 2.75) is 32.5 Å². The number of alkyl halides is 3. The molecule has 4 rings (SSSR count). The maximum Gasteiger partial charge on any atom is 0.434 e. The molecule has 0 bridgehead atoms. The van der Waals surface area contributed by atoms with Gasteiger partial charge in [-0.05, 0) is 44.5 Å². The Balaban J connectivity index is 1.44. The van der Waals surface area contributed by atoms with Crippen LogP contribution in [0.5, 0.6) is 0 Å². The van der Waals surface area contributed by atoms with Crippen LogP contribution in [0.25, 0.3) is 10.8 Å². The molecule has 0 radical (unpaired) electrons. The molecule has 1 aliphatic rings. The van der Waals surface area contributed by atoms with Crippen LogP contribution in [0.4, 0.5) is 29.5 Å². The third-order valence-corrected chi connectivity index (χ3v) is 5.69. The average molecular weight is 464 g/mol. The van der Waals surface area contributed by atoms with Crippen LogP contribution in [0.2, 0.25) is 5.02 Å². The minimum atomic E-state index is -4.63. The van der Waals surface area contributed by atoms with Crippen LogP contribution in [0, 0.1) is 13.8 Å². The molecule has 10 heteroatoms. The minimum Gasteiger partial charge on any atom is -0.354 e. The molecule has 0 aliphatic carbocycles. The number of urea groups is 1. The Labute approximate surface area is 187 Å². The van der Waals surface area contributed by atoms with Crippen LogP contribution in [0.1, 0.15) is 23.5 Å². The van der Waals surface area contributed by atoms with E-state index in [-0.39, 0.29) is 17.9 Å². The van der Waals surface area contributed by atoms with Crippen molar-refractivity contribution < 1.29 is 18.0 Å². The zero-order valence-electron chi connectivity index (χ0n) is 17.4. The number of hydrogen-bond acceptors (Lipinski definition) is 4. The second-order valence-electron chi connectivity index (χ2n) is 7.78. The average Bonchev–Trinajstić information content (AvgIpc) is 3.16. The molecule has 1 saturated heterocycles. The molecule has 168 valence electrons. The smallest absolute Gasteiger partial charge is 0.354 e. The van der Waals surface area contributed by atoms with E-state index in [1.165, 1.54) is 12.1 Å². The molecule has 1 aromatic carbocycles. The van der Waals surface area contributed by atoms with E-state index in [9.17, 15) is 18.0 Å². The molecule has 32 heavy (non-hydrogen) atoms. The number of hydrogen-bond donors (Lipinski definition) is 2. The maximum atomic E-state index is 13.1. The zero-order valence-corrected chi connectivity index (χ0v) is 18.2. The van der Waals surface area contributed by atoms with Gasteiger partial charge in [0.2, 0.25) is 0 Å². The molecular weight excluding hydrogens is 443 g/mol. The van der Waals surface area contributed by atoms with Crippen LogP contribution in [-0.4, -0.2) is 35.1 Å². The van der Waals surface area contributed by atoms with Gasteiger partial charge in [0, 0.05) is 41.3 Å². The number of amides is 2. The number of rotatable bonds is 3. The van der Waals surface area contributed by atoms with Crippen LogP contribution in [0.3, 0.4) is 0 Å². The normalized spacial score (nSPS) is 16.4. The fourth-order valence-corrected chi connectivity index (χ4v) is 4.16. The Morgan fingerprint density at radius 3 is 2.69 bits per heavy atom. The molecular formula is C22H21ClF3N5O. The second-order valence-corrected chi connectivity index (χ2v) is 8.18. The number of aromatic nitrogens is 2. The molecule has 0 saturated carbocycles. The fourth-order valence-electron chi connectivity index (χ4n) is 3.95. The van der Waals surface area contributed by atoms with E-state index in [0.29, 0.717) is 25.2 Å². The minimum absolute atomic E-state index is 0.180. The Hall–Kier alpha value is -3.07. The molecule has 3 aromatic rings. The summed E-state index contributed by atoms with van der Waals surface area (Å²) in [5, 5.41) is 7.18. The van der Waals surface area contributed by atoms with Crippen molar-refractivity contribution in [2.75, 3.05) is 23.3 Å². The Morgan fingerprint density at radius 2 is 1.94 bits per heavy atom. The summed E-state index contributed by atoms with van der Waals surface area (Å²) in [6.45, 7) is 4.62. The molecule has 0 spiro atoms. The van der Waals surface area contributed by atoms with Crippen LogP contribution in [0.15, 0.2) is 36.4 Å². The zero-order chi connectivity index (χ0) is 23.0. The highest BCUT2D eigenvalue weighted by Gasteiger charge is 2.36. The summed E-state index contributed by atoms with van der Waals surface area (Å²) in [6, 6.07) is 9.57. The number of carbonyl (C=O) groups excluding carboxylic acids is 1. The second kappa shape index (κ2) is 8.46. The van der Waals surface area contributed by atoms with Gasteiger partial charge in [-0.3, -0.25) is 4.98 Å². The number of nitrogens with zero attached hydrogens (tertiary/aromatic N) is 3.